The number of amides is 1. The van der Waals surface area contributed by atoms with Crippen LogP contribution < -0.4 is 10.2 Å². The summed E-state index contributed by atoms with van der Waals surface area (Å²) >= 11 is 0. The van der Waals surface area contributed by atoms with Crippen molar-refractivity contribution in [1.29, 1.82) is 0 Å². The Morgan fingerprint density at radius 1 is 1.14 bits per heavy atom. The van der Waals surface area contributed by atoms with Crippen LogP contribution in [0.2, 0.25) is 0 Å². The number of ether oxygens (including phenoxy) is 1. The largest absolute Gasteiger partial charge is 0.454 e. The Morgan fingerprint density at radius 2 is 1.89 bits per heavy atom. The van der Waals surface area contributed by atoms with Gasteiger partial charge in [0.05, 0.1) is 16.9 Å². The average Bonchev–Trinajstić information content (AvgIpc) is 3.22. The Labute approximate surface area is 163 Å². The van der Waals surface area contributed by atoms with Crippen LogP contribution in [0.15, 0.2) is 42.5 Å². The summed E-state index contributed by atoms with van der Waals surface area (Å²) in [6.07, 6.45) is 2.72. The summed E-state index contributed by atoms with van der Waals surface area (Å²) in [6.45, 7) is 2.56. The fraction of sp³-hybridized carbons (Fsp3) is 0.318. The van der Waals surface area contributed by atoms with E-state index in [1.165, 1.54) is 0 Å². The minimum atomic E-state index is -0.584. The number of esters is 1. The number of benzene rings is 2. The molecule has 1 saturated heterocycles. The molecule has 1 N–H and O–H groups in total. The molecular weight excluding hydrogens is 356 g/mol. The van der Waals surface area contributed by atoms with Gasteiger partial charge in [-0.25, -0.2) is 4.79 Å². The van der Waals surface area contributed by atoms with Crippen LogP contribution >= 0.6 is 0 Å². The number of fused-ring (bicyclic) bond motifs is 3. The highest BCUT2D eigenvalue weighted by Gasteiger charge is 2.36. The lowest BCUT2D eigenvalue weighted by Gasteiger charge is -2.33. The Hall–Kier alpha value is -3.15. The molecule has 28 heavy (non-hydrogen) atoms. The molecule has 2 heterocycles. The molecule has 1 atom stereocenters. The summed E-state index contributed by atoms with van der Waals surface area (Å²) in [5.41, 5.74) is 3.50. The van der Waals surface area contributed by atoms with Gasteiger partial charge in [-0.1, -0.05) is 31.2 Å². The second-order valence-corrected chi connectivity index (χ2v) is 7.12. The number of carbonyl (C=O) groups excluding carboxylic acids is 3. The van der Waals surface area contributed by atoms with Gasteiger partial charge in [-0.2, -0.15) is 0 Å². The lowest BCUT2D eigenvalue weighted by atomic mass is 10.1. The number of hydrogen-bond acceptors (Lipinski definition) is 5. The van der Waals surface area contributed by atoms with E-state index >= 15 is 0 Å². The molecule has 2 aromatic carbocycles. The van der Waals surface area contributed by atoms with Gasteiger partial charge in [0.15, 0.2) is 12.4 Å². The molecule has 144 valence electrons. The SMILES string of the molecule is CCc1ccc(C(=O)COC(=O)c2ccc3c(c2)NC(=O)[C@@H]2CCCN32)cc1. The fourth-order valence-electron chi connectivity index (χ4n) is 3.78. The molecule has 4 rings (SSSR count). The molecule has 0 aliphatic carbocycles. The third kappa shape index (κ3) is 3.38. The molecule has 0 spiro atoms. The van der Waals surface area contributed by atoms with Crippen molar-refractivity contribution in [3.8, 4) is 0 Å². The molecule has 6 nitrogen and oxygen atoms in total. The van der Waals surface area contributed by atoms with Gasteiger partial charge in [0, 0.05) is 12.1 Å². The van der Waals surface area contributed by atoms with Crippen LogP contribution in [0.3, 0.4) is 0 Å². The number of hydrogen-bond donors (Lipinski definition) is 1. The predicted molar refractivity (Wildman–Crippen MR) is 106 cm³/mol. The van der Waals surface area contributed by atoms with E-state index in [9.17, 15) is 14.4 Å². The van der Waals surface area contributed by atoms with E-state index in [1.807, 2.05) is 25.1 Å². The lowest BCUT2D eigenvalue weighted by Crippen LogP contribution is -2.43. The Kier molecular flexibility index (Phi) is 4.86. The molecule has 1 amide bonds. The third-order valence-corrected chi connectivity index (χ3v) is 5.37. The summed E-state index contributed by atoms with van der Waals surface area (Å²) < 4.78 is 5.19. The van der Waals surface area contributed by atoms with Crippen molar-refractivity contribution in [2.45, 2.75) is 32.2 Å². The molecular formula is C22H22N2O4. The number of anilines is 2. The van der Waals surface area contributed by atoms with Crippen molar-refractivity contribution < 1.29 is 19.1 Å². The van der Waals surface area contributed by atoms with Crippen LogP contribution in [0.1, 0.15) is 46.0 Å². The highest BCUT2D eigenvalue weighted by molar-refractivity contribution is 6.06. The number of rotatable bonds is 5. The zero-order chi connectivity index (χ0) is 19.7. The third-order valence-electron chi connectivity index (χ3n) is 5.37. The number of carbonyl (C=O) groups is 3. The first-order valence-corrected chi connectivity index (χ1v) is 9.57. The maximum Gasteiger partial charge on any atom is 0.338 e. The van der Waals surface area contributed by atoms with Crippen molar-refractivity contribution >= 4 is 29.0 Å². The van der Waals surface area contributed by atoms with E-state index < -0.39 is 5.97 Å². The highest BCUT2D eigenvalue weighted by Crippen LogP contribution is 2.37. The van der Waals surface area contributed by atoms with E-state index in [4.69, 9.17) is 4.74 Å². The van der Waals surface area contributed by atoms with Gasteiger partial charge in [0.25, 0.3) is 0 Å². The van der Waals surface area contributed by atoms with Crippen molar-refractivity contribution in [2.75, 3.05) is 23.4 Å². The van der Waals surface area contributed by atoms with E-state index in [0.29, 0.717) is 16.8 Å². The highest BCUT2D eigenvalue weighted by atomic mass is 16.5. The summed E-state index contributed by atoms with van der Waals surface area (Å²) in [7, 11) is 0. The van der Waals surface area contributed by atoms with Gasteiger partial charge in [-0.3, -0.25) is 9.59 Å². The minimum Gasteiger partial charge on any atom is -0.454 e. The van der Waals surface area contributed by atoms with Gasteiger partial charge < -0.3 is 15.0 Å². The molecule has 2 aliphatic heterocycles. The van der Waals surface area contributed by atoms with Crippen LogP contribution in [-0.2, 0) is 16.0 Å². The molecule has 0 unspecified atom stereocenters. The maximum atomic E-state index is 12.4. The summed E-state index contributed by atoms with van der Waals surface area (Å²) in [4.78, 5) is 38.9. The molecule has 6 heteroatoms. The second kappa shape index (κ2) is 7.46. The predicted octanol–water partition coefficient (Wildman–Crippen LogP) is 3.21. The summed E-state index contributed by atoms with van der Waals surface area (Å²) in [5.74, 6) is -0.873. The number of aryl methyl sites for hydroxylation is 1. The molecule has 1 fully saturated rings. The summed E-state index contributed by atoms with van der Waals surface area (Å²) in [6, 6.07) is 12.3. The van der Waals surface area contributed by atoms with Gasteiger partial charge in [-0.15, -0.1) is 0 Å². The van der Waals surface area contributed by atoms with Crippen molar-refractivity contribution in [3.63, 3.8) is 0 Å². The molecule has 0 aromatic heterocycles. The molecule has 0 saturated carbocycles. The van der Waals surface area contributed by atoms with Crippen molar-refractivity contribution in [1.82, 2.24) is 0 Å². The van der Waals surface area contributed by atoms with Crippen LogP contribution in [0, 0.1) is 0 Å². The second-order valence-electron chi connectivity index (χ2n) is 7.12. The lowest BCUT2D eigenvalue weighted by molar-refractivity contribution is -0.117. The van der Waals surface area contributed by atoms with Gasteiger partial charge in [0.2, 0.25) is 5.91 Å². The molecule has 2 aromatic rings. The average molecular weight is 378 g/mol. The van der Waals surface area contributed by atoms with Crippen LogP contribution in [-0.4, -0.2) is 36.9 Å². The quantitative estimate of drug-likeness (QED) is 0.639. The fourth-order valence-corrected chi connectivity index (χ4v) is 3.78. The maximum absolute atomic E-state index is 12.4. The normalized spacial score (nSPS) is 17.5. The van der Waals surface area contributed by atoms with E-state index in [-0.39, 0.29) is 24.3 Å². The summed E-state index contributed by atoms with van der Waals surface area (Å²) in [5, 5.41) is 2.87. The first-order chi connectivity index (χ1) is 13.6. The first kappa shape index (κ1) is 18.2. The zero-order valence-electron chi connectivity index (χ0n) is 15.7. The van der Waals surface area contributed by atoms with Gasteiger partial charge >= 0.3 is 5.97 Å². The number of nitrogens with zero attached hydrogens (tertiary/aromatic N) is 1. The number of Topliss-reactive ketones (excluding diaryl/α,β-unsaturated/α-hetero) is 1. The standard InChI is InChI=1S/C22H22N2O4/c1-2-14-5-7-15(8-6-14)20(25)13-28-22(27)16-9-10-18-17(12-16)23-21(26)19-4-3-11-24(18)19/h5-10,12,19H,2-4,11,13H2,1H3,(H,23,26)/t19-/m0/s1. The Morgan fingerprint density at radius 3 is 2.64 bits per heavy atom. The number of nitrogens with one attached hydrogen (secondary N) is 1. The first-order valence-electron chi connectivity index (χ1n) is 9.57. The van der Waals surface area contributed by atoms with E-state index in [2.05, 4.69) is 10.2 Å². The van der Waals surface area contributed by atoms with Crippen molar-refractivity contribution in [2.24, 2.45) is 0 Å². The van der Waals surface area contributed by atoms with Crippen LogP contribution in [0.5, 0.6) is 0 Å². The monoisotopic (exact) mass is 378 g/mol. The molecule has 0 radical (unpaired) electrons. The van der Waals surface area contributed by atoms with Crippen LogP contribution in [0.4, 0.5) is 11.4 Å². The van der Waals surface area contributed by atoms with E-state index in [1.54, 1.807) is 24.3 Å². The minimum absolute atomic E-state index is 0.0405. The Balaban J connectivity index is 1.43. The van der Waals surface area contributed by atoms with Gasteiger partial charge in [-0.05, 0) is 43.0 Å². The van der Waals surface area contributed by atoms with E-state index in [0.717, 1.165) is 37.1 Å². The van der Waals surface area contributed by atoms with Crippen LogP contribution in [0.25, 0.3) is 0 Å². The smallest absolute Gasteiger partial charge is 0.338 e. The molecule has 2 aliphatic rings. The number of ketones is 1. The Bertz CT molecular complexity index is 936. The molecule has 0 bridgehead atoms. The zero-order valence-corrected chi connectivity index (χ0v) is 15.7. The van der Waals surface area contributed by atoms with Gasteiger partial charge in [0.1, 0.15) is 6.04 Å². The van der Waals surface area contributed by atoms with Crippen molar-refractivity contribution in [3.05, 3.63) is 59.2 Å². The topological polar surface area (TPSA) is 75.7 Å².